The van der Waals surface area contributed by atoms with Crippen LogP contribution in [-0.4, -0.2) is 36.8 Å². The average molecular weight is 367 g/mol. The molecule has 0 saturated carbocycles. The molecule has 0 unspecified atom stereocenters. The van der Waals surface area contributed by atoms with Gasteiger partial charge in [0.1, 0.15) is 11.5 Å². The average Bonchev–Trinajstić information content (AvgIpc) is 3.01. The summed E-state index contributed by atoms with van der Waals surface area (Å²) < 4.78 is 10.3. The fourth-order valence-electron chi connectivity index (χ4n) is 1.79. The van der Waals surface area contributed by atoms with Crippen LogP contribution in [0.4, 0.5) is 5.13 Å². The number of rotatable bonds is 8. The number of hydrogen-bond acceptors (Lipinski definition) is 7. The highest BCUT2D eigenvalue weighted by molar-refractivity contribution is 7.99. The number of methoxy groups -OCH3 is 2. The molecule has 0 atom stereocenters. The molecule has 2 rings (SSSR count). The van der Waals surface area contributed by atoms with Gasteiger partial charge >= 0.3 is 0 Å². The Morgan fingerprint density at radius 3 is 2.50 bits per heavy atom. The quantitative estimate of drug-likeness (QED) is 0.741. The highest BCUT2D eigenvalue weighted by atomic mass is 32.2. The molecule has 1 aromatic heterocycles. The number of anilines is 1. The van der Waals surface area contributed by atoms with Gasteiger partial charge in [0.25, 0.3) is 5.91 Å². The fourth-order valence-corrected chi connectivity index (χ4v) is 3.27. The molecule has 0 aliphatic heterocycles. The molecule has 1 heterocycles. The number of ether oxygens (including phenoxy) is 2. The molecule has 0 aliphatic carbocycles. The summed E-state index contributed by atoms with van der Waals surface area (Å²) in [7, 11) is 3.04. The van der Waals surface area contributed by atoms with E-state index in [9.17, 15) is 9.59 Å². The number of amides is 2. The number of thiazole rings is 1. The summed E-state index contributed by atoms with van der Waals surface area (Å²) in [4.78, 5) is 27.4. The molecule has 0 aliphatic rings. The number of thioether (sulfide) groups is 1. The number of nitrogens with zero attached hydrogens (tertiary/aromatic N) is 1. The van der Waals surface area contributed by atoms with E-state index < -0.39 is 0 Å². The van der Waals surface area contributed by atoms with E-state index in [4.69, 9.17) is 15.2 Å². The van der Waals surface area contributed by atoms with Gasteiger partial charge in [-0.05, 0) is 12.1 Å². The Balaban J connectivity index is 2.02. The Morgan fingerprint density at radius 2 is 1.92 bits per heavy atom. The van der Waals surface area contributed by atoms with Crippen molar-refractivity contribution in [3.05, 3.63) is 34.8 Å². The number of hydrogen-bond donors (Lipinski definition) is 2. The minimum atomic E-state index is -0.365. The summed E-state index contributed by atoms with van der Waals surface area (Å²) >= 11 is 2.69. The molecule has 0 spiro atoms. The van der Waals surface area contributed by atoms with Crippen molar-refractivity contribution >= 4 is 40.0 Å². The first kappa shape index (κ1) is 18.1. The summed E-state index contributed by atoms with van der Waals surface area (Å²) in [6.07, 6.45) is 0. The van der Waals surface area contributed by atoms with Gasteiger partial charge in [0.05, 0.1) is 25.7 Å². The van der Waals surface area contributed by atoms with Crippen molar-refractivity contribution in [3.8, 4) is 11.5 Å². The van der Waals surface area contributed by atoms with Crippen molar-refractivity contribution in [2.75, 3.05) is 25.3 Å². The second-order valence-electron chi connectivity index (χ2n) is 4.66. The lowest BCUT2D eigenvalue weighted by molar-refractivity contribution is -0.115. The number of nitrogens with two attached hydrogens (primary N) is 1. The molecule has 0 radical (unpaired) electrons. The normalized spacial score (nSPS) is 10.2. The Bertz CT molecular complexity index is 711. The third kappa shape index (κ3) is 5.14. The topological polar surface area (TPSA) is 104 Å². The van der Waals surface area contributed by atoms with Crippen LogP contribution < -0.4 is 20.5 Å². The second kappa shape index (κ2) is 8.55. The number of aromatic nitrogens is 1. The lowest BCUT2D eigenvalue weighted by Gasteiger charge is -2.08. The molecule has 24 heavy (non-hydrogen) atoms. The summed E-state index contributed by atoms with van der Waals surface area (Å²) in [6.45, 7) is 0. The van der Waals surface area contributed by atoms with Crippen LogP contribution in [0.25, 0.3) is 0 Å². The van der Waals surface area contributed by atoms with E-state index in [0.717, 1.165) is 5.69 Å². The fraction of sp³-hybridized carbons (Fsp3) is 0.267. The zero-order valence-electron chi connectivity index (χ0n) is 13.2. The highest BCUT2D eigenvalue weighted by Crippen LogP contribution is 2.24. The van der Waals surface area contributed by atoms with Gasteiger partial charge in [-0.3, -0.25) is 14.9 Å². The molecule has 2 amide bonds. The maximum absolute atomic E-state index is 12.3. The maximum atomic E-state index is 12.3. The molecule has 9 heteroatoms. The van der Waals surface area contributed by atoms with Gasteiger partial charge in [-0.15, -0.1) is 23.1 Å². The Hall–Kier alpha value is -2.26. The lowest BCUT2D eigenvalue weighted by Crippen LogP contribution is -2.13. The number of primary amides is 1. The Labute approximate surface area is 147 Å². The molecule has 1 aromatic carbocycles. The maximum Gasteiger partial charge on any atom is 0.257 e. The first-order valence-electron chi connectivity index (χ1n) is 6.86. The predicted molar refractivity (Wildman–Crippen MR) is 95.0 cm³/mol. The van der Waals surface area contributed by atoms with Gasteiger partial charge in [0.15, 0.2) is 5.13 Å². The van der Waals surface area contributed by atoms with Crippen LogP contribution in [0.1, 0.15) is 16.1 Å². The SMILES string of the molecule is COc1cc(OC)cc(C(=O)Nc2nc(CSCC(N)=O)cs2)c1. The van der Waals surface area contributed by atoms with E-state index in [-0.39, 0.29) is 17.6 Å². The van der Waals surface area contributed by atoms with Crippen molar-refractivity contribution in [2.24, 2.45) is 5.73 Å². The van der Waals surface area contributed by atoms with E-state index in [1.54, 1.807) is 18.2 Å². The summed E-state index contributed by atoms with van der Waals surface area (Å²) in [5.74, 6) is 1.18. The van der Waals surface area contributed by atoms with E-state index in [2.05, 4.69) is 10.3 Å². The third-order valence-electron chi connectivity index (χ3n) is 2.88. The molecule has 0 fully saturated rings. The molecule has 0 saturated heterocycles. The van der Waals surface area contributed by atoms with Crippen LogP contribution in [-0.2, 0) is 10.5 Å². The summed E-state index contributed by atoms with van der Waals surface area (Å²) in [5, 5.41) is 5.05. The second-order valence-corrected chi connectivity index (χ2v) is 6.50. The summed E-state index contributed by atoms with van der Waals surface area (Å²) in [6, 6.07) is 4.93. The molecule has 3 N–H and O–H groups in total. The van der Waals surface area contributed by atoms with Crippen molar-refractivity contribution in [1.82, 2.24) is 4.98 Å². The van der Waals surface area contributed by atoms with E-state index >= 15 is 0 Å². The van der Waals surface area contributed by atoms with Crippen LogP contribution >= 0.6 is 23.1 Å². The third-order valence-corrected chi connectivity index (χ3v) is 4.68. The number of carbonyl (C=O) groups is 2. The van der Waals surface area contributed by atoms with Crippen LogP contribution in [0.3, 0.4) is 0 Å². The van der Waals surface area contributed by atoms with Crippen molar-refractivity contribution < 1.29 is 19.1 Å². The smallest absolute Gasteiger partial charge is 0.257 e. The molecule has 2 aromatic rings. The van der Waals surface area contributed by atoms with Gasteiger partial charge in [0.2, 0.25) is 5.91 Å². The largest absolute Gasteiger partial charge is 0.497 e. The molecular formula is C15H17N3O4S2. The van der Waals surface area contributed by atoms with E-state index in [1.165, 1.54) is 37.3 Å². The number of benzene rings is 1. The molecule has 128 valence electrons. The first-order valence-corrected chi connectivity index (χ1v) is 8.90. The van der Waals surface area contributed by atoms with Crippen molar-refractivity contribution in [2.45, 2.75) is 5.75 Å². The van der Waals surface area contributed by atoms with Gasteiger partial charge in [-0.2, -0.15) is 0 Å². The predicted octanol–water partition coefficient (Wildman–Crippen LogP) is 2.13. The van der Waals surface area contributed by atoms with Gasteiger partial charge < -0.3 is 15.2 Å². The number of nitrogens with one attached hydrogen (secondary N) is 1. The van der Waals surface area contributed by atoms with Crippen LogP contribution in [0.15, 0.2) is 23.6 Å². The minimum absolute atomic E-state index is 0.239. The van der Waals surface area contributed by atoms with E-state index in [0.29, 0.717) is 27.9 Å². The monoisotopic (exact) mass is 367 g/mol. The first-order chi connectivity index (χ1) is 11.5. The molecular weight excluding hydrogens is 350 g/mol. The Morgan fingerprint density at radius 1 is 1.25 bits per heavy atom. The van der Waals surface area contributed by atoms with E-state index in [1.807, 2.05) is 5.38 Å². The zero-order chi connectivity index (χ0) is 17.5. The Kier molecular flexibility index (Phi) is 6.44. The molecule has 0 bridgehead atoms. The van der Waals surface area contributed by atoms with Crippen molar-refractivity contribution in [3.63, 3.8) is 0 Å². The van der Waals surface area contributed by atoms with Crippen LogP contribution in [0.2, 0.25) is 0 Å². The van der Waals surface area contributed by atoms with Crippen LogP contribution in [0, 0.1) is 0 Å². The minimum Gasteiger partial charge on any atom is -0.497 e. The van der Waals surface area contributed by atoms with Gasteiger partial charge in [0, 0.05) is 22.8 Å². The standard InChI is InChI=1S/C15H17N3O4S2/c1-21-11-3-9(4-12(5-11)22-2)14(20)18-15-17-10(7-24-15)6-23-8-13(16)19/h3-5,7H,6,8H2,1-2H3,(H2,16,19)(H,17,18,20). The van der Waals surface area contributed by atoms with Gasteiger partial charge in [-0.1, -0.05) is 0 Å². The molecule has 7 nitrogen and oxygen atoms in total. The lowest BCUT2D eigenvalue weighted by atomic mass is 10.2. The van der Waals surface area contributed by atoms with Crippen LogP contribution in [0.5, 0.6) is 11.5 Å². The number of carbonyl (C=O) groups excluding carboxylic acids is 2. The zero-order valence-corrected chi connectivity index (χ0v) is 14.8. The highest BCUT2D eigenvalue weighted by Gasteiger charge is 2.12. The summed E-state index contributed by atoms with van der Waals surface area (Å²) in [5.41, 5.74) is 6.27. The van der Waals surface area contributed by atoms with Gasteiger partial charge in [-0.25, -0.2) is 4.98 Å². The van der Waals surface area contributed by atoms with Crippen molar-refractivity contribution in [1.29, 1.82) is 0 Å².